The van der Waals surface area contributed by atoms with Crippen molar-refractivity contribution < 1.29 is 26.9 Å². The van der Waals surface area contributed by atoms with Crippen LogP contribution in [0.25, 0.3) is 0 Å². The second kappa shape index (κ2) is 6.19. The van der Waals surface area contributed by atoms with Crippen LogP contribution in [-0.4, -0.2) is 27.5 Å². The molecule has 1 aromatic heterocycles. The molecule has 1 aromatic carbocycles. The van der Waals surface area contributed by atoms with Crippen molar-refractivity contribution in [2.45, 2.75) is 23.0 Å². The van der Waals surface area contributed by atoms with E-state index in [0.29, 0.717) is 11.8 Å². The van der Waals surface area contributed by atoms with Gasteiger partial charge in [0.15, 0.2) is 5.03 Å². The number of hydrogen-bond acceptors (Lipinski definition) is 6. The molecule has 1 atom stereocenters. The van der Waals surface area contributed by atoms with E-state index in [1.54, 1.807) is 0 Å². The largest absolute Gasteiger partial charge is 0.465 e. The smallest absolute Gasteiger partial charge is 0.416 e. The normalized spacial score (nSPS) is 14.0. The van der Waals surface area contributed by atoms with Crippen molar-refractivity contribution in [1.82, 2.24) is 10.2 Å². The topological polar surface area (TPSA) is 93.0 Å². The Hall–Kier alpha value is -2.49. The predicted molar refractivity (Wildman–Crippen MR) is 76.9 cm³/mol. The molecule has 1 N–H and O–H groups in total. The van der Waals surface area contributed by atoms with Gasteiger partial charge in [0.2, 0.25) is 0 Å². The second-order valence-electron chi connectivity index (χ2n) is 4.78. The van der Waals surface area contributed by atoms with Crippen molar-refractivity contribution in [3.05, 3.63) is 47.2 Å². The average molecular weight is 359 g/mol. The van der Waals surface area contributed by atoms with E-state index in [1.807, 2.05) is 0 Å². The van der Waals surface area contributed by atoms with Crippen LogP contribution < -0.4 is 0 Å². The average Bonchev–Trinajstić information content (AvgIpc) is 2.53. The van der Waals surface area contributed by atoms with Gasteiger partial charge in [0, 0.05) is 0 Å². The van der Waals surface area contributed by atoms with E-state index in [1.165, 1.54) is 13.0 Å². The lowest BCUT2D eigenvalue weighted by atomic mass is 10.2. The van der Waals surface area contributed by atoms with Crippen molar-refractivity contribution in [2.75, 3.05) is 7.11 Å². The molecule has 0 aliphatic rings. The monoisotopic (exact) mass is 359 g/mol. The number of aryl methyl sites for hydroxylation is 1. The predicted octanol–water partition coefficient (Wildman–Crippen LogP) is 3.06. The lowest BCUT2D eigenvalue weighted by Gasteiger charge is -2.13. The van der Waals surface area contributed by atoms with Crippen LogP contribution >= 0.6 is 0 Å². The number of hydrogen-bond donors (Lipinski definition) is 1. The number of nitrogens with zero attached hydrogens (tertiary/aromatic N) is 2. The number of aromatic nitrogens is 2. The van der Waals surface area contributed by atoms with Crippen molar-refractivity contribution in [3.63, 3.8) is 0 Å². The number of alkyl halides is 3. The summed E-state index contributed by atoms with van der Waals surface area (Å²) in [5, 5.41) is 6.69. The van der Waals surface area contributed by atoms with Gasteiger partial charge in [0.1, 0.15) is 9.73 Å². The number of esters is 1. The number of carbonyl (C=O) groups excluding carboxylic acids is 1. The number of carbonyl (C=O) groups is 1. The van der Waals surface area contributed by atoms with Crippen LogP contribution in [0.5, 0.6) is 0 Å². The van der Waals surface area contributed by atoms with E-state index in [4.69, 9.17) is 4.78 Å². The first kappa shape index (κ1) is 17.9. The Morgan fingerprint density at radius 1 is 1.25 bits per heavy atom. The number of benzene rings is 1. The standard InChI is InChI=1S/C14H12F3N3O3S/c1-8-6-11(13(21)23-2)12(20-19-8)24(18,22)10-5-3-4-9(7-10)14(15,16)17/h3-7,18H,1-2H3. The van der Waals surface area contributed by atoms with Gasteiger partial charge < -0.3 is 4.74 Å². The van der Waals surface area contributed by atoms with Crippen LogP contribution in [0.3, 0.4) is 0 Å². The number of halogens is 3. The van der Waals surface area contributed by atoms with Crippen molar-refractivity contribution in [3.8, 4) is 0 Å². The maximum absolute atomic E-state index is 12.8. The first-order chi connectivity index (χ1) is 11.1. The van der Waals surface area contributed by atoms with Gasteiger partial charge in [-0.25, -0.2) is 13.8 Å². The molecule has 0 bridgehead atoms. The molecule has 0 fully saturated rings. The molecule has 2 rings (SSSR count). The summed E-state index contributed by atoms with van der Waals surface area (Å²) in [6.45, 7) is 1.51. The van der Waals surface area contributed by atoms with E-state index < -0.39 is 37.4 Å². The van der Waals surface area contributed by atoms with Crippen LogP contribution in [0.2, 0.25) is 0 Å². The van der Waals surface area contributed by atoms with Crippen molar-refractivity contribution >= 4 is 15.7 Å². The van der Waals surface area contributed by atoms with Crippen LogP contribution in [0.15, 0.2) is 40.3 Å². The van der Waals surface area contributed by atoms with Crippen LogP contribution in [0.1, 0.15) is 21.6 Å². The Morgan fingerprint density at radius 3 is 2.50 bits per heavy atom. The summed E-state index contributed by atoms with van der Waals surface area (Å²) >= 11 is 0. The fraction of sp³-hybridized carbons (Fsp3) is 0.214. The molecule has 2 aromatic rings. The molecular formula is C14H12F3N3O3S. The molecular weight excluding hydrogens is 347 g/mol. The first-order valence-electron chi connectivity index (χ1n) is 6.46. The van der Waals surface area contributed by atoms with Crippen molar-refractivity contribution in [2.24, 2.45) is 0 Å². The van der Waals surface area contributed by atoms with Crippen LogP contribution in [0, 0.1) is 11.7 Å². The van der Waals surface area contributed by atoms with Crippen LogP contribution in [-0.2, 0) is 20.6 Å². The summed E-state index contributed by atoms with van der Waals surface area (Å²) in [6, 6.07) is 4.74. The van der Waals surface area contributed by atoms with Gasteiger partial charge >= 0.3 is 12.1 Å². The molecule has 1 unspecified atom stereocenters. The Balaban J connectivity index is 2.67. The highest BCUT2D eigenvalue weighted by molar-refractivity contribution is 7.92. The fourth-order valence-corrected chi connectivity index (χ4v) is 3.30. The Bertz CT molecular complexity index is 896. The summed E-state index contributed by atoms with van der Waals surface area (Å²) in [4.78, 5) is 11.4. The van der Waals surface area contributed by atoms with E-state index in [0.717, 1.165) is 25.3 Å². The summed E-state index contributed by atoms with van der Waals surface area (Å²) < 4.78 is 63.8. The highest BCUT2D eigenvalue weighted by atomic mass is 32.2. The van der Waals surface area contributed by atoms with E-state index in [2.05, 4.69) is 14.9 Å². The minimum Gasteiger partial charge on any atom is -0.465 e. The van der Waals surface area contributed by atoms with Gasteiger partial charge in [-0.2, -0.15) is 18.3 Å². The lowest BCUT2D eigenvalue weighted by Crippen LogP contribution is -2.15. The molecule has 6 nitrogen and oxygen atoms in total. The third kappa shape index (κ3) is 3.37. The third-order valence-electron chi connectivity index (χ3n) is 3.05. The Labute approximate surface area is 135 Å². The molecule has 10 heteroatoms. The zero-order valence-corrected chi connectivity index (χ0v) is 13.4. The van der Waals surface area contributed by atoms with Gasteiger partial charge in [0.05, 0.1) is 28.8 Å². The van der Waals surface area contributed by atoms with E-state index in [-0.39, 0.29) is 5.56 Å². The summed E-state index contributed by atoms with van der Waals surface area (Å²) in [6.07, 6.45) is -4.66. The molecule has 128 valence electrons. The quantitative estimate of drug-likeness (QED) is 0.850. The number of methoxy groups -OCH3 is 1. The zero-order valence-electron chi connectivity index (χ0n) is 12.5. The summed E-state index contributed by atoms with van der Waals surface area (Å²) in [5.41, 5.74) is -1.03. The Morgan fingerprint density at radius 2 is 1.92 bits per heavy atom. The van der Waals surface area contributed by atoms with E-state index >= 15 is 0 Å². The maximum Gasteiger partial charge on any atom is 0.416 e. The molecule has 0 aliphatic heterocycles. The number of ether oxygens (including phenoxy) is 1. The fourth-order valence-electron chi connectivity index (χ4n) is 1.91. The lowest BCUT2D eigenvalue weighted by molar-refractivity contribution is -0.137. The molecule has 0 amide bonds. The second-order valence-corrected chi connectivity index (χ2v) is 6.75. The highest BCUT2D eigenvalue weighted by Crippen LogP contribution is 2.32. The number of rotatable bonds is 3. The molecule has 0 spiro atoms. The van der Waals surface area contributed by atoms with E-state index in [9.17, 15) is 22.2 Å². The summed E-state index contributed by atoms with van der Waals surface area (Å²) in [5.74, 6) is -0.907. The Kier molecular flexibility index (Phi) is 4.61. The van der Waals surface area contributed by atoms with Gasteiger partial charge in [0.25, 0.3) is 0 Å². The van der Waals surface area contributed by atoms with Crippen LogP contribution in [0.4, 0.5) is 13.2 Å². The molecule has 24 heavy (non-hydrogen) atoms. The van der Waals surface area contributed by atoms with Gasteiger partial charge in [-0.05, 0) is 31.2 Å². The molecule has 0 aliphatic carbocycles. The molecule has 1 heterocycles. The molecule has 0 saturated heterocycles. The highest BCUT2D eigenvalue weighted by Gasteiger charge is 2.32. The zero-order chi connectivity index (χ0) is 18.1. The third-order valence-corrected chi connectivity index (χ3v) is 4.82. The number of nitrogens with one attached hydrogen (secondary N) is 1. The van der Waals surface area contributed by atoms with Gasteiger partial charge in [-0.3, -0.25) is 0 Å². The van der Waals surface area contributed by atoms with Gasteiger partial charge in [-0.1, -0.05) is 6.07 Å². The summed E-state index contributed by atoms with van der Waals surface area (Å²) in [7, 11) is -2.92. The van der Waals surface area contributed by atoms with Crippen molar-refractivity contribution in [1.29, 1.82) is 4.78 Å². The van der Waals surface area contributed by atoms with Gasteiger partial charge in [-0.15, -0.1) is 5.10 Å². The molecule has 0 radical (unpaired) electrons. The molecule has 0 saturated carbocycles. The minimum atomic E-state index is -4.66. The minimum absolute atomic E-state index is 0.276. The first-order valence-corrected chi connectivity index (χ1v) is 8.02. The SMILES string of the molecule is COC(=O)c1cc(C)nnc1S(=N)(=O)c1cccc(C(F)(F)F)c1. The maximum atomic E-state index is 12.8.